The van der Waals surface area contributed by atoms with Crippen LogP contribution in [0.15, 0.2) is 134 Å². The first-order valence-corrected chi connectivity index (χ1v) is 41.0. The van der Waals surface area contributed by atoms with E-state index in [1.807, 2.05) is 6.92 Å². The highest BCUT2D eigenvalue weighted by Crippen LogP contribution is 2.38. The highest BCUT2D eigenvalue weighted by atomic mass is 32.2. The van der Waals surface area contributed by atoms with Gasteiger partial charge in [0.25, 0.3) is 11.8 Å². The number of aromatic hydroxyl groups is 1. The molecule has 1 aromatic heterocycles. The van der Waals surface area contributed by atoms with Gasteiger partial charge in [0.2, 0.25) is 76.8 Å². The summed E-state index contributed by atoms with van der Waals surface area (Å²) in [5, 5.41) is 44.9. The molecule has 1 unspecified atom stereocenters. The molecule has 5 aromatic carbocycles. The van der Waals surface area contributed by atoms with Crippen LogP contribution >= 0.6 is 11.8 Å². The molecule has 6 aromatic rings. The molecular weight excluding hydrogens is 1570 g/mol. The van der Waals surface area contributed by atoms with Gasteiger partial charge in [-0.15, -0.1) is 11.8 Å². The lowest BCUT2D eigenvalue weighted by molar-refractivity contribution is -0.145. The van der Waals surface area contributed by atoms with Gasteiger partial charge in [-0.3, -0.25) is 86.5 Å². The molecule has 640 valence electrons. The number of H-pyrrole nitrogens is 1. The number of hydrogen-bond acceptors (Lipinski definition) is 18. The molecular formula is C85H106N16O18S. The van der Waals surface area contributed by atoms with Crippen LogP contribution in [0.2, 0.25) is 0 Å². The largest absolute Gasteiger partial charge is 0.508 e. The fraction of sp³-hybridized carbons (Fsp3) is 0.435. The number of aliphatic carboxylic acids is 1. The molecule has 120 heavy (non-hydrogen) atoms. The van der Waals surface area contributed by atoms with Crippen LogP contribution in [0.4, 0.5) is 11.4 Å². The van der Waals surface area contributed by atoms with E-state index in [0.29, 0.717) is 62.9 Å². The van der Waals surface area contributed by atoms with Crippen molar-refractivity contribution >= 4 is 129 Å². The van der Waals surface area contributed by atoms with Crippen molar-refractivity contribution in [1.82, 2.24) is 67.5 Å². The van der Waals surface area contributed by atoms with Crippen molar-refractivity contribution in [2.75, 3.05) is 62.1 Å². The number of rotatable bonds is 17. The summed E-state index contributed by atoms with van der Waals surface area (Å²) in [6.45, 7) is 7.64. The van der Waals surface area contributed by atoms with E-state index in [0.717, 1.165) is 26.5 Å². The number of likely N-dealkylation sites (N-methyl/N-ethyl adjacent to an activating group) is 3. The highest BCUT2D eigenvalue weighted by Gasteiger charge is 2.48. The minimum absolute atomic E-state index is 0.0281. The number of fused-ring (bicyclic) bond motifs is 10. The molecule has 0 radical (unpaired) electrons. The number of carboxylic acid groups (broad SMARTS) is 1. The summed E-state index contributed by atoms with van der Waals surface area (Å²) in [7, 11) is 3.84. The molecule has 4 bridgehead atoms. The summed E-state index contributed by atoms with van der Waals surface area (Å²) in [5.41, 5.74) is 9.37. The number of phenols is 1. The highest BCUT2D eigenvalue weighted by molar-refractivity contribution is 8.00. The van der Waals surface area contributed by atoms with Crippen LogP contribution < -0.4 is 63.4 Å². The number of phenolic OH excluding ortho intramolecular Hbond substituents is 1. The van der Waals surface area contributed by atoms with Crippen molar-refractivity contribution < 1.29 is 86.9 Å². The van der Waals surface area contributed by atoms with Crippen LogP contribution in [0.5, 0.6) is 5.75 Å². The van der Waals surface area contributed by atoms with E-state index in [4.69, 9.17) is 5.73 Å². The van der Waals surface area contributed by atoms with Gasteiger partial charge in [0.05, 0.1) is 31.8 Å². The van der Waals surface area contributed by atoms with E-state index in [9.17, 15) is 58.2 Å². The molecule has 14 N–H and O–H groups in total. The van der Waals surface area contributed by atoms with Crippen molar-refractivity contribution in [3.8, 4) is 5.75 Å². The second-order valence-electron chi connectivity index (χ2n) is 31.2. The van der Waals surface area contributed by atoms with E-state index < -0.39 is 199 Å². The Morgan fingerprint density at radius 1 is 0.558 bits per heavy atom. The van der Waals surface area contributed by atoms with Gasteiger partial charge < -0.3 is 83.5 Å². The Balaban J connectivity index is 1.07. The molecule has 9 rings (SSSR count). The number of benzene rings is 5. The zero-order valence-electron chi connectivity index (χ0n) is 68.5. The van der Waals surface area contributed by atoms with Gasteiger partial charge in [-0.25, -0.2) is 0 Å². The lowest BCUT2D eigenvalue weighted by Gasteiger charge is -2.45. The fourth-order valence-electron chi connectivity index (χ4n) is 14.8. The van der Waals surface area contributed by atoms with Crippen LogP contribution in [-0.4, -0.2) is 243 Å². The maximum Gasteiger partial charge on any atom is 0.305 e. The Labute approximate surface area is 698 Å². The van der Waals surface area contributed by atoms with E-state index >= 15 is 28.8 Å². The van der Waals surface area contributed by atoms with Gasteiger partial charge in [-0.05, 0) is 89.8 Å². The predicted octanol–water partition coefficient (Wildman–Crippen LogP) is 1.17. The third-order valence-electron chi connectivity index (χ3n) is 21.1. The monoisotopic (exact) mass is 1670 g/mol. The van der Waals surface area contributed by atoms with Crippen LogP contribution in [0.25, 0.3) is 10.9 Å². The zero-order valence-corrected chi connectivity index (χ0v) is 69.3. The Kier molecular flexibility index (Phi) is 32.0. The Hall–Kier alpha value is -12.7. The van der Waals surface area contributed by atoms with Crippen LogP contribution in [0.3, 0.4) is 0 Å². The third-order valence-corrected chi connectivity index (χ3v) is 22.1. The number of carbonyl (C=O) groups excluding carboxylic acids is 15. The number of carbonyl (C=O) groups is 16. The second-order valence-corrected chi connectivity index (χ2v) is 32.2. The van der Waals surface area contributed by atoms with Crippen LogP contribution in [0.1, 0.15) is 101 Å². The maximum atomic E-state index is 15.7. The molecule has 0 aliphatic carbocycles. The van der Waals surface area contributed by atoms with Gasteiger partial charge in [0, 0.05) is 87.5 Å². The summed E-state index contributed by atoms with van der Waals surface area (Å²) >= 11 is 0.857. The molecule has 11 atom stereocenters. The van der Waals surface area contributed by atoms with Gasteiger partial charge in [0.1, 0.15) is 72.2 Å². The third kappa shape index (κ3) is 24.0. The lowest BCUT2D eigenvalue weighted by atomic mass is 9.89. The van der Waals surface area contributed by atoms with E-state index in [-0.39, 0.29) is 62.4 Å². The predicted molar refractivity (Wildman–Crippen MR) is 445 cm³/mol. The minimum atomic E-state index is -1.90. The number of anilines is 2. The van der Waals surface area contributed by atoms with Crippen molar-refractivity contribution in [2.45, 2.75) is 172 Å². The number of hydrogen-bond donors (Lipinski definition) is 13. The molecule has 1 saturated heterocycles. The average molecular weight is 1670 g/mol. The number of para-hydroxylation sites is 3. The van der Waals surface area contributed by atoms with Crippen LogP contribution in [-0.2, 0) is 109 Å². The Morgan fingerprint density at radius 2 is 1.14 bits per heavy atom. The standard InChI is InChI=1S/C85H106N16O18S/c1-10-11-27-66-83(117)98(8)44-71(105)91-60(40-73(107)108)79(113)96-74(48(4)5)85(119)99(9)67(36-50-21-13-12-14-22-50)80(114)94-61(35-51-30-32-55(102)33-31-51)81(115)97(7)43-70(104)90-59(38-54-41-87-57-26-18-17-25-56(54)57)77(111)89-49(6)75(109)93-58(34-47(2)3)78(112)95-63(76(110)88-42-69(86)103)45-120-46-72(106)92-62-37-52-23-15-19-28-64(52)101(82(62)116)68-39-53-24-16-20-29-65(53)100(66)84(68)118/h12-26,28-33,41,47-49,58-63,66-68,74,87,102H,10-11,27,34-40,42-46H2,1-9H3,(H2,86,103)(H,88,110)(H,89,111)(H,90,104)(H,91,105)(H,92,106)(H,93,109)(H,94,114)(H,95,112)(H,96,113)(H,107,108)/t49-,58-,59-,60-,61-,62-,63-,66-,67-,68-,74?/m0/s1. The molecule has 35 heteroatoms. The van der Waals surface area contributed by atoms with Gasteiger partial charge >= 0.3 is 5.97 Å². The van der Waals surface area contributed by atoms with Crippen molar-refractivity contribution in [2.24, 2.45) is 17.6 Å². The molecule has 34 nitrogen and oxygen atoms in total. The summed E-state index contributed by atoms with van der Waals surface area (Å²) in [4.78, 5) is 241. The second kappa shape index (κ2) is 42.1. The minimum Gasteiger partial charge on any atom is -0.508 e. The molecule has 15 amide bonds. The molecule has 0 saturated carbocycles. The quantitative estimate of drug-likeness (QED) is 0.0609. The van der Waals surface area contributed by atoms with Gasteiger partial charge in [0.15, 0.2) is 0 Å². The lowest BCUT2D eigenvalue weighted by Crippen LogP contribution is -2.64. The number of primary amides is 1. The van der Waals surface area contributed by atoms with Gasteiger partial charge in [-0.1, -0.05) is 145 Å². The number of nitrogens with one attached hydrogen (secondary N) is 10. The first-order valence-electron chi connectivity index (χ1n) is 39.8. The Morgan fingerprint density at radius 3 is 1.78 bits per heavy atom. The summed E-state index contributed by atoms with van der Waals surface area (Å²) < 4.78 is 0. The zero-order chi connectivity index (χ0) is 87.3. The van der Waals surface area contributed by atoms with Crippen molar-refractivity contribution in [3.05, 3.63) is 161 Å². The number of thioether (sulfide) groups is 1. The molecule has 3 aliphatic heterocycles. The van der Waals surface area contributed by atoms with E-state index in [1.165, 1.54) is 62.1 Å². The first kappa shape index (κ1) is 91.2. The summed E-state index contributed by atoms with van der Waals surface area (Å²) in [6.07, 6.45) is 0.744. The molecule has 4 heterocycles. The normalized spacial score (nSPS) is 23.2. The maximum absolute atomic E-state index is 15.7. The molecule has 3 aliphatic rings. The number of aromatic nitrogens is 1. The number of unbranched alkanes of at least 4 members (excludes halogenated alkanes) is 1. The SMILES string of the molecule is CCCC[C@H]1C(=O)N(C)CC(=O)N[C@@H](CC(=O)O)C(=O)NC(C(C)C)C(=O)N(C)[C@@H](Cc2ccccc2)C(=O)N[C@@H](Cc2ccc(O)cc2)C(=O)N(C)CC(=O)N[C@@H](Cc2c[nH]c3ccccc23)C(=O)N[C@@H](C)C(=O)N[C@@H](CC(C)C)C(=O)N[C@H](C(=O)NCC(N)=O)CSCC(=O)N[C@H]2Cc3ccccc3N(C2=O)[C@H]2Cc3ccccc3N1C2=O. The number of aromatic amines is 1. The van der Waals surface area contributed by atoms with E-state index in [2.05, 4.69) is 52.8 Å². The molecule has 1 fully saturated rings. The first-order chi connectivity index (χ1) is 57.1. The Bertz CT molecular complexity index is 4790. The fourth-order valence-corrected chi connectivity index (χ4v) is 15.6. The average Bonchev–Trinajstić information content (AvgIpc) is 0.798. The summed E-state index contributed by atoms with van der Waals surface area (Å²) in [6, 6.07) is 18.6. The number of amides is 15. The number of carboxylic acids is 1. The van der Waals surface area contributed by atoms with Crippen molar-refractivity contribution in [3.63, 3.8) is 0 Å². The topological polar surface area (TPSA) is 480 Å². The van der Waals surface area contributed by atoms with Gasteiger partial charge in [-0.2, -0.15) is 0 Å². The summed E-state index contributed by atoms with van der Waals surface area (Å²) in [5.74, 6) is -16.6. The number of nitrogens with zero attached hydrogens (tertiary/aromatic N) is 5. The smallest absolute Gasteiger partial charge is 0.305 e. The molecule has 0 spiro atoms. The number of nitrogens with two attached hydrogens (primary N) is 1. The van der Waals surface area contributed by atoms with Crippen LogP contribution in [0, 0.1) is 11.8 Å². The van der Waals surface area contributed by atoms with E-state index in [1.54, 1.807) is 137 Å². The van der Waals surface area contributed by atoms with Crippen molar-refractivity contribution in [1.29, 1.82) is 0 Å².